The summed E-state index contributed by atoms with van der Waals surface area (Å²) in [5, 5.41) is 7.73. The number of rotatable bonds is 12. The number of pyridine rings is 1. The van der Waals surface area contributed by atoms with E-state index in [1.165, 1.54) is 28.4 Å². The fourth-order valence-corrected chi connectivity index (χ4v) is 6.42. The van der Waals surface area contributed by atoms with E-state index in [0.717, 1.165) is 28.1 Å². The number of fused-ring (bicyclic) bond motifs is 1. The van der Waals surface area contributed by atoms with E-state index in [4.69, 9.17) is 45.5 Å². The lowest BCUT2D eigenvalue weighted by atomic mass is 10.0. The van der Waals surface area contributed by atoms with Crippen LogP contribution < -0.4 is 34.7 Å². The van der Waals surface area contributed by atoms with Gasteiger partial charge in [0.1, 0.15) is 22.3 Å². The summed E-state index contributed by atoms with van der Waals surface area (Å²) < 4.78 is 35.2. The smallest absolute Gasteiger partial charge is 0.225 e. The summed E-state index contributed by atoms with van der Waals surface area (Å²) in [7, 11) is 7.77. The van der Waals surface area contributed by atoms with Crippen LogP contribution >= 0.6 is 11.6 Å². The number of anilines is 2. The van der Waals surface area contributed by atoms with Crippen molar-refractivity contribution < 1.29 is 33.0 Å². The third kappa shape index (κ3) is 7.39. The lowest BCUT2D eigenvalue weighted by molar-refractivity contribution is -0.116. The van der Waals surface area contributed by atoms with Crippen molar-refractivity contribution in [1.29, 1.82) is 0 Å². The van der Waals surface area contributed by atoms with Crippen molar-refractivity contribution in [2.45, 2.75) is 33.2 Å². The van der Waals surface area contributed by atoms with Crippen LogP contribution in [0.5, 0.6) is 28.7 Å². The highest BCUT2D eigenvalue weighted by Gasteiger charge is 2.21. The number of ether oxygens (including phenoxy) is 5. The summed E-state index contributed by atoms with van der Waals surface area (Å²) >= 11 is 6.55. The van der Waals surface area contributed by atoms with Gasteiger partial charge in [-0.25, -0.2) is 4.98 Å². The molecule has 0 aliphatic rings. The lowest BCUT2D eigenvalue weighted by Gasteiger charge is -2.14. The van der Waals surface area contributed by atoms with Gasteiger partial charge in [-0.05, 0) is 43.7 Å². The molecular formula is C39H38ClN7O7. The van der Waals surface area contributed by atoms with E-state index in [0.29, 0.717) is 68.7 Å². The average Bonchev–Trinajstić information content (AvgIpc) is 3.79. The molecule has 6 rings (SSSR count). The Morgan fingerprint density at radius 1 is 0.926 bits per heavy atom. The molecule has 4 aromatic heterocycles. The maximum absolute atomic E-state index is 13.2. The Kier molecular flexibility index (Phi) is 11.1. The number of aromatic nitrogens is 5. The van der Waals surface area contributed by atoms with Crippen molar-refractivity contribution in [2.75, 3.05) is 46.6 Å². The summed E-state index contributed by atoms with van der Waals surface area (Å²) in [6.07, 6.45) is 5.55. The van der Waals surface area contributed by atoms with E-state index >= 15 is 0 Å². The molecule has 278 valence electrons. The molecule has 0 saturated heterocycles. The monoisotopic (exact) mass is 751 g/mol. The minimum absolute atomic E-state index is 0.0372. The van der Waals surface area contributed by atoms with E-state index in [9.17, 15) is 4.79 Å². The molecule has 0 fully saturated rings. The summed E-state index contributed by atoms with van der Waals surface area (Å²) in [6.45, 7) is 4.27. The number of nitrogens with two attached hydrogens (primary N) is 1. The van der Waals surface area contributed by atoms with Gasteiger partial charge >= 0.3 is 0 Å². The van der Waals surface area contributed by atoms with Crippen LogP contribution in [0.4, 0.5) is 11.6 Å². The van der Waals surface area contributed by atoms with Gasteiger partial charge in [-0.15, -0.1) is 0 Å². The normalized spacial score (nSPS) is 10.8. The van der Waals surface area contributed by atoms with Crippen molar-refractivity contribution in [3.8, 4) is 63.0 Å². The number of nitrogens with one attached hydrogen (secondary N) is 1. The number of methoxy groups -OCH3 is 5. The molecule has 54 heavy (non-hydrogen) atoms. The van der Waals surface area contributed by atoms with Crippen LogP contribution in [-0.2, 0) is 11.3 Å². The van der Waals surface area contributed by atoms with E-state index in [1.54, 1.807) is 43.8 Å². The number of benzene rings is 2. The summed E-state index contributed by atoms with van der Waals surface area (Å²) in [6, 6.07) is 8.94. The van der Waals surface area contributed by atoms with Crippen molar-refractivity contribution >= 4 is 40.2 Å². The number of halogens is 1. The molecule has 0 spiro atoms. The first-order chi connectivity index (χ1) is 26.1. The quantitative estimate of drug-likeness (QED) is 0.0985. The van der Waals surface area contributed by atoms with E-state index in [-0.39, 0.29) is 29.9 Å². The largest absolute Gasteiger partial charge is 0.496 e. The molecular weight excluding hydrogens is 714 g/mol. The zero-order valence-electron chi connectivity index (χ0n) is 30.8. The summed E-state index contributed by atoms with van der Waals surface area (Å²) in [4.78, 5) is 26.4. The van der Waals surface area contributed by atoms with Crippen molar-refractivity contribution in [3.05, 3.63) is 76.5 Å². The van der Waals surface area contributed by atoms with E-state index < -0.39 is 0 Å². The first-order valence-corrected chi connectivity index (χ1v) is 17.0. The van der Waals surface area contributed by atoms with Crippen LogP contribution in [0.1, 0.15) is 35.2 Å². The Morgan fingerprint density at radius 3 is 2.33 bits per heavy atom. The fraction of sp³-hybridized carbons (Fsp3) is 0.256. The van der Waals surface area contributed by atoms with Gasteiger partial charge in [-0.1, -0.05) is 34.7 Å². The highest BCUT2D eigenvalue weighted by Crippen LogP contribution is 2.44. The van der Waals surface area contributed by atoms with Crippen LogP contribution in [0, 0.1) is 25.7 Å². The topological polar surface area (TPSA) is 171 Å². The Labute approximate surface area is 316 Å². The highest BCUT2D eigenvalue weighted by atomic mass is 35.5. The first-order valence-electron chi connectivity index (χ1n) is 16.6. The molecule has 3 N–H and O–H groups in total. The fourth-order valence-electron chi connectivity index (χ4n) is 6.15. The molecule has 0 saturated carbocycles. The molecule has 0 radical (unpaired) electrons. The molecule has 0 atom stereocenters. The molecule has 15 heteroatoms. The van der Waals surface area contributed by atoms with E-state index in [1.807, 2.05) is 30.7 Å². The molecule has 14 nitrogen and oxygen atoms in total. The van der Waals surface area contributed by atoms with Gasteiger partial charge in [-0.2, -0.15) is 4.98 Å². The van der Waals surface area contributed by atoms with Crippen LogP contribution in [0.3, 0.4) is 0 Å². The Bertz CT molecular complexity index is 2410. The van der Waals surface area contributed by atoms with Gasteiger partial charge in [0.2, 0.25) is 17.6 Å². The third-order valence-corrected chi connectivity index (χ3v) is 9.01. The zero-order valence-corrected chi connectivity index (χ0v) is 31.5. The maximum atomic E-state index is 13.2. The summed E-state index contributed by atoms with van der Waals surface area (Å²) in [5.41, 5.74) is 12.2. The van der Waals surface area contributed by atoms with Gasteiger partial charge in [0.15, 0.2) is 17.3 Å². The predicted octanol–water partition coefficient (Wildman–Crippen LogP) is 6.86. The second-order valence-electron chi connectivity index (χ2n) is 12.0. The number of amides is 1. The third-order valence-electron chi connectivity index (χ3n) is 8.74. The zero-order chi connectivity index (χ0) is 38.5. The molecule has 1 amide bonds. The molecule has 2 aromatic carbocycles. The second kappa shape index (κ2) is 16.1. The Morgan fingerprint density at radius 2 is 1.65 bits per heavy atom. The number of hydrogen-bond donors (Lipinski definition) is 2. The SMILES string of the molecule is COc1ccc(-c2cnoc2-c2cc(OC)c(OC)c(OC)c2)cc1NC(=O)CCC#Cc1cn(Cc2ncc(C)c(OC)c2C)c2nc(N)nc(Cl)c12. The molecule has 0 unspecified atom stereocenters. The number of aryl methyl sites for hydroxylation is 1. The predicted molar refractivity (Wildman–Crippen MR) is 205 cm³/mol. The average molecular weight is 752 g/mol. The van der Waals surface area contributed by atoms with Gasteiger partial charge in [0.25, 0.3) is 0 Å². The van der Waals surface area contributed by atoms with Gasteiger partial charge in [0.05, 0.1) is 70.6 Å². The number of hydrogen-bond acceptors (Lipinski definition) is 12. The Balaban J connectivity index is 1.21. The lowest BCUT2D eigenvalue weighted by Crippen LogP contribution is -2.11. The molecule has 0 aliphatic carbocycles. The number of carbonyl (C=O) groups excluding carboxylic acids is 1. The highest BCUT2D eigenvalue weighted by molar-refractivity contribution is 6.34. The van der Waals surface area contributed by atoms with Crippen LogP contribution in [-0.4, -0.2) is 66.1 Å². The van der Waals surface area contributed by atoms with Crippen molar-refractivity contribution in [2.24, 2.45) is 0 Å². The summed E-state index contributed by atoms with van der Waals surface area (Å²) in [5.74, 6) is 9.09. The van der Waals surface area contributed by atoms with Crippen molar-refractivity contribution in [3.63, 3.8) is 0 Å². The molecule has 0 aliphatic heterocycles. The number of nitrogens with zero attached hydrogens (tertiary/aromatic N) is 5. The first kappa shape index (κ1) is 37.3. The molecule has 0 bridgehead atoms. The molecule has 4 heterocycles. The standard InChI is InChI=1S/C39H38ClN7O7/c1-21-17-42-28(22(2)34(21)52-6)20-47-19-24(33-37(40)45-39(41)46-38(33)47)10-8-9-11-32(48)44-27-14-23(12-13-29(27)49-3)26-18-43-54-35(26)25-15-30(50-4)36(53-7)31(16-25)51-5/h12-19H,9,11,20H2,1-7H3,(H,44,48)(H2,41,45,46). The minimum Gasteiger partial charge on any atom is -0.496 e. The van der Waals surface area contributed by atoms with Gasteiger partial charge in [0, 0.05) is 47.5 Å². The van der Waals surface area contributed by atoms with E-state index in [2.05, 4.69) is 37.3 Å². The van der Waals surface area contributed by atoms with Crippen LogP contribution in [0.15, 0.2) is 53.4 Å². The van der Waals surface area contributed by atoms with Crippen LogP contribution in [0.25, 0.3) is 33.5 Å². The molecule has 6 aromatic rings. The van der Waals surface area contributed by atoms with Crippen LogP contribution in [0.2, 0.25) is 5.15 Å². The minimum atomic E-state index is -0.263. The van der Waals surface area contributed by atoms with Gasteiger partial charge < -0.3 is 43.8 Å². The van der Waals surface area contributed by atoms with Gasteiger partial charge in [-0.3, -0.25) is 9.78 Å². The second-order valence-corrected chi connectivity index (χ2v) is 12.4. The number of carbonyl (C=O) groups is 1. The maximum Gasteiger partial charge on any atom is 0.225 e. The van der Waals surface area contributed by atoms with Crippen molar-refractivity contribution in [1.82, 2.24) is 24.7 Å². The Hall–Kier alpha value is -6.46. The number of nitrogen functional groups attached to an aromatic ring is 1.